The summed E-state index contributed by atoms with van der Waals surface area (Å²) in [4.78, 5) is 12.7. The van der Waals surface area contributed by atoms with Crippen molar-refractivity contribution in [2.75, 3.05) is 13.1 Å². The molecule has 1 aliphatic heterocycles. The number of amides is 1. The Bertz CT molecular complexity index is 418. The van der Waals surface area contributed by atoms with Crippen LogP contribution in [0.2, 0.25) is 0 Å². The van der Waals surface area contributed by atoms with Crippen molar-refractivity contribution in [3.63, 3.8) is 0 Å². The van der Waals surface area contributed by atoms with E-state index in [4.69, 9.17) is 0 Å². The number of nitrogens with one attached hydrogen (secondary N) is 2. The van der Waals surface area contributed by atoms with Crippen LogP contribution in [-0.4, -0.2) is 19.0 Å². The Labute approximate surface area is 122 Å². The van der Waals surface area contributed by atoms with Crippen molar-refractivity contribution in [3.8, 4) is 0 Å². The molecule has 1 saturated heterocycles. The molecule has 2 N–H and O–H groups in total. The van der Waals surface area contributed by atoms with Crippen molar-refractivity contribution in [1.82, 2.24) is 10.6 Å². The van der Waals surface area contributed by atoms with Crippen LogP contribution >= 0.6 is 0 Å². The fourth-order valence-corrected chi connectivity index (χ4v) is 3.14. The Morgan fingerprint density at radius 3 is 2.75 bits per heavy atom. The molecule has 0 aliphatic carbocycles. The molecule has 3 heteroatoms. The van der Waals surface area contributed by atoms with Crippen LogP contribution in [-0.2, 0) is 4.79 Å². The fourth-order valence-electron chi connectivity index (χ4n) is 3.14. The van der Waals surface area contributed by atoms with E-state index in [-0.39, 0.29) is 17.4 Å². The van der Waals surface area contributed by atoms with Crippen LogP contribution in [0.5, 0.6) is 0 Å². The van der Waals surface area contributed by atoms with Crippen LogP contribution in [0.1, 0.15) is 51.1 Å². The van der Waals surface area contributed by atoms with Crippen LogP contribution in [0.25, 0.3) is 0 Å². The Morgan fingerprint density at radius 1 is 1.40 bits per heavy atom. The second-order valence-electron chi connectivity index (χ2n) is 5.92. The molecule has 0 bridgehead atoms. The molecule has 0 spiro atoms. The van der Waals surface area contributed by atoms with Gasteiger partial charge in [-0.25, -0.2) is 0 Å². The summed E-state index contributed by atoms with van der Waals surface area (Å²) in [5, 5.41) is 6.61. The fraction of sp³-hybridized carbons (Fsp3) is 0.588. The first-order valence-corrected chi connectivity index (χ1v) is 7.74. The maximum atomic E-state index is 12.7. The largest absolute Gasteiger partial charge is 0.349 e. The summed E-state index contributed by atoms with van der Waals surface area (Å²) < 4.78 is 0. The lowest BCUT2D eigenvalue weighted by atomic mass is 9.76. The van der Waals surface area contributed by atoms with Crippen LogP contribution in [0, 0.1) is 5.41 Å². The molecular weight excluding hydrogens is 248 g/mol. The monoisotopic (exact) mass is 274 g/mol. The van der Waals surface area contributed by atoms with Gasteiger partial charge in [0.05, 0.1) is 11.5 Å². The summed E-state index contributed by atoms with van der Waals surface area (Å²) in [6.07, 6.45) is 4.11. The normalized spacial score (nSPS) is 24.1. The van der Waals surface area contributed by atoms with Crippen LogP contribution < -0.4 is 10.6 Å². The van der Waals surface area contributed by atoms with Gasteiger partial charge >= 0.3 is 0 Å². The standard InChI is InChI=1S/C17H26N2O/c1-3-10-17(11-7-12-18-13-17)16(20)19-14(2)15-8-5-4-6-9-15/h4-6,8-9,14,18H,3,7,10-13H2,1-2H3,(H,19,20)/t14-,17?/m0/s1. The minimum atomic E-state index is -0.212. The average Bonchev–Trinajstić information content (AvgIpc) is 2.49. The number of rotatable bonds is 5. The highest BCUT2D eigenvalue weighted by atomic mass is 16.2. The van der Waals surface area contributed by atoms with E-state index in [2.05, 4.69) is 36.6 Å². The van der Waals surface area contributed by atoms with Gasteiger partial charge in [0, 0.05) is 6.54 Å². The minimum Gasteiger partial charge on any atom is -0.349 e. The van der Waals surface area contributed by atoms with Crippen LogP contribution in [0.4, 0.5) is 0 Å². The summed E-state index contributed by atoms with van der Waals surface area (Å²) in [6.45, 7) is 6.06. The number of piperidine rings is 1. The van der Waals surface area contributed by atoms with E-state index in [1.807, 2.05) is 18.2 Å². The Morgan fingerprint density at radius 2 is 2.15 bits per heavy atom. The molecule has 2 atom stereocenters. The van der Waals surface area contributed by atoms with E-state index in [0.29, 0.717) is 0 Å². The number of hydrogen-bond acceptors (Lipinski definition) is 2. The summed E-state index contributed by atoms with van der Waals surface area (Å²) in [7, 11) is 0. The van der Waals surface area contributed by atoms with Crippen molar-refractivity contribution in [1.29, 1.82) is 0 Å². The van der Waals surface area contributed by atoms with E-state index < -0.39 is 0 Å². The molecule has 1 amide bonds. The Hall–Kier alpha value is -1.35. The molecule has 1 aliphatic rings. The lowest BCUT2D eigenvalue weighted by molar-refractivity contribution is -0.133. The topological polar surface area (TPSA) is 41.1 Å². The zero-order valence-corrected chi connectivity index (χ0v) is 12.6. The van der Waals surface area contributed by atoms with Gasteiger partial charge in [0.15, 0.2) is 0 Å². The molecule has 2 rings (SSSR count). The first-order chi connectivity index (χ1) is 9.68. The van der Waals surface area contributed by atoms with Gasteiger partial charge in [-0.2, -0.15) is 0 Å². The highest BCUT2D eigenvalue weighted by Gasteiger charge is 2.39. The second-order valence-corrected chi connectivity index (χ2v) is 5.92. The van der Waals surface area contributed by atoms with Crippen molar-refractivity contribution in [2.45, 2.75) is 45.6 Å². The zero-order valence-electron chi connectivity index (χ0n) is 12.6. The van der Waals surface area contributed by atoms with Gasteiger partial charge in [0.1, 0.15) is 0 Å². The van der Waals surface area contributed by atoms with Crippen molar-refractivity contribution in [2.24, 2.45) is 5.41 Å². The molecule has 0 saturated carbocycles. The maximum absolute atomic E-state index is 12.7. The third kappa shape index (κ3) is 3.40. The maximum Gasteiger partial charge on any atom is 0.227 e. The summed E-state index contributed by atoms with van der Waals surface area (Å²) >= 11 is 0. The Kier molecular flexibility index (Phi) is 5.18. The highest BCUT2D eigenvalue weighted by Crippen LogP contribution is 2.32. The summed E-state index contributed by atoms with van der Waals surface area (Å²) in [5.74, 6) is 0.211. The summed E-state index contributed by atoms with van der Waals surface area (Å²) in [5.41, 5.74) is 0.951. The molecule has 1 fully saturated rings. The molecule has 1 unspecified atom stereocenters. The second kappa shape index (κ2) is 6.89. The van der Waals surface area contributed by atoms with Gasteiger partial charge in [0.25, 0.3) is 0 Å². The molecule has 1 aromatic carbocycles. The average molecular weight is 274 g/mol. The van der Waals surface area contributed by atoms with Gasteiger partial charge in [-0.1, -0.05) is 43.7 Å². The number of hydrogen-bond donors (Lipinski definition) is 2. The molecule has 0 radical (unpaired) electrons. The third-order valence-electron chi connectivity index (χ3n) is 4.33. The Balaban J connectivity index is 2.05. The molecular formula is C17H26N2O. The number of benzene rings is 1. The predicted octanol–water partition coefficient (Wildman–Crippen LogP) is 3.03. The molecule has 1 heterocycles. The van der Waals surface area contributed by atoms with Crippen molar-refractivity contribution >= 4 is 5.91 Å². The summed E-state index contributed by atoms with van der Waals surface area (Å²) in [6, 6.07) is 10.2. The van der Waals surface area contributed by atoms with Gasteiger partial charge in [-0.3, -0.25) is 4.79 Å². The first kappa shape index (κ1) is 15.0. The van der Waals surface area contributed by atoms with Gasteiger partial charge in [-0.05, 0) is 38.3 Å². The van der Waals surface area contributed by atoms with Crippen molar-refractivity contribution < 1.29 is 4.79 Å². The van der Waals surface area contributed by atoms with Crippen LogP contribution in [0.3, 0.4) is 0 Å². The van der Waals surface area contributed by atoms with E-state index in [9.17, 15) is 4.79 Å². The first-order valence-electron chi connectivity index (χ1n) is 7.74. The van der Waals surface area contributed by atoms with Crippen molar-refractivity contribution in [3.05, 3.63) is 35.9 Å². The van der Waals surface area contributed by atoms with Gasteiger partial charge < -0.3 is 10.6 Å². The van der Waals surface area contributed by atoms with E-state index >= 15 is 0 Å². The highest BCUT2D eigenvalue weighted by molar-refractivity contribution is 5.83. The predicted molar refractivity (Wildman–Crippen MR) is 82.4 cm³/mol. The molecule has 110 valence electrons. The molecule has 3 nitrogen and oxygen atoms in total. The molecule has 0 aromatic heterocycles. The molecule has 1 aromatic rings. The van der Waals surface area contributed by atoms with E-state index in [1.165, 1.54) is 0 Å². The minimum absolute atomic E-state index is 0.0688. The van der Waals surface area contributed by atoms with E-state index in [0.717, 1.165) is 44.3 Å². The van der Waals surface area contributed by atoms with E-state index in [1.54, 1.807) is 0 Å². The van der Waals surface area contributed by atoms with Gasteiger partial charge in [-0.15, -0.1) is 0 Å². The SMILES string of the molecule is CCCC1(C(=O)N[C@@H](C)c2ccccc2)CCCNC1. The number of carbonyl (C=O) groups excluding carboxylic acids is 1. The smallest absolute Gasteiger partial charge is 0.227 e. The lowest BCUT2D eigenvalue weighted by Crippen LogP contribution is -2.50. The quantitative estimate of drug-likeness (QED) is 0.866. The van der Waals surface area contributed by atoms with Crippen LogP contribution in [0.15, 0.2) is 30.3 Å². The van der Waals surface area contributed by atoms with Gasteiger partial charge in [0.2, 0.25) is 5.91 Å². The third-order valence-corrected chi connectivity index (χ3v) is 4.33. The zero-order chi connectivity index (χ0) is 14.4. The number of carbonyl (C=O) groups is 1. The molecule has 20 heavy (non-hydrogen) atoms. The lowest BCUT2D eigenvalue weighted by Gasteiger charge is -2.37.